The Morgan fingerprint density at radius 3 is 3.06 bits per heavy atom. The summed E-state index contributed by atoms with van der Waals surface area (Å²) < 4.78 is 1.99. The molecule has 1 atom stereocenters. The van der Waals surface area contributed by atoms with Gasteiger partial charge in [0.2, 0.25) is 0 Å². The van der Waals surface area contributed by atoms with Crippen molar-refractivity contribution in [3.8, 4) is 0 Å². The predicted molar refractivity (Wildman–Crippen MR) is 60.4 cm³/mol. The smallest absolute Gasteiger partial charge is 0.324 e. The van der Waals surface area contributed by atoms with Crippen LogP contribution in [0.25, 0.3) is 0 Å². The van der Waals surface area contributed by atoms with Gasteiger partial charge in [0.05, 0.1) is 6.54 Å². The second-order valence-corrected chi connectivity index (χ2v) is 4.54. The largest absolute Gasteiger partial charge is 0.480 e. The molecule has 1 aliphatic rings. The molecule has 0 aromatic carbocycles. The number of hydrogen-bond donors (Lipinski definition) is 2. The number of aliphatic carboxylic acids is 1. The summed E-state index contributed by atoms with van der Waals surface area (Å²) in [6, 6.07) is 0. The first-order valence-electron chi connectivity index (χ1n) is 5.56. The highest BCUT2D eigenvalue weighted by Crippen LogP contribution is 2.13. The lowest BCUT2D eigenvalue weighted by molar-refractivity contribution is -0.145. The molecule has 1 unspecified atom stereocenters. The lowest BCUT2D eigenvalue weighted by atomic mass is 10.0. The summed E-state index contributed by atoms with van der Waals surface area (Å²) in [5.74, 6) is 0.0483. The Hall–Kier alpha value is -1.47. The molecule has 1 aromatic heterocycles. The average molecular weight is 239 g/mol. The molecular formula is C10H17N5O2. The van der Waals surface area contributed by atoms with E-state index in [0.717, 1.165) is 18.9 Å². The fraction of sp³-hybridized carbons (Fsp3) is 0.700. The molecule has 1 aromatic rings. The topological polar surface area (TPSA) is 83.3 Å². The van der Waals surface area contributed by atoms with Crippen LogP contribution in [0.2, 0.25) is 0 Å². The zero-order chi connectivity index (χ0) is 12.5. The molecule has 0 bridgehead atoms. The van der Waals surface area contributed by atoms with Crippen LogP contribution in [-0.2, 0) is 17.9 Å². The van der Waals surface area contributed by atoms with E-state index in [4.69, 9.17) is 0 Å². The zero-order valence-corrected chi connectivity index (χ0v) is 10.1. The number of carboxylic acid groups (broad SMARTS) is 1. The van der Waals surface area contributed by atoms with Gasteiger partial charge in [-0.15, -0.1) is 10.2 Å². The minimum atomic E-state index is -0.928. The Bertz CT molecular complexity index is 419. The highest BCUT2D eigenvalue weighted by molar-refractivity contribution is 5.78. The van der Waals surface area contributed by atoms with E-state index in [1.165, 1.54) is 0 Å². The molecular weight excluding hydrogens is 222 g/mol. The Kier molecular flexibility index (Phi) is 3.12. The summed E-state index contributed by atoms with van der Waals surface area (Å²) in [4.78, 5) is 13.3. The Balaban J connectivity index is 2.04. The van der Waals surface area contributed by atoms with E-state index in [-0.39, 0.29) is 0 Å². The van der Waals surface area contributed by atoms with Crippen LogP contribution in [0.15, 0.2) is 6.33 Å². The highest BCUT2D eigenvalue weighted by atomic mass is 16.4. The number of likely N-dealkylation sites (N-methyl/N-ethyl adjacent to an activating group) is 1. The standard InChI is InChI=1S/C10H17N5O2/c1-10(11-2,9(16)17)6-14-3-4-15-7-12-13-8(15)5-14/h7,11H,3-6H2,1-2H3,(H,16,17). The third kappa shape index (κ3) is 2.29. The van der Waals surface area contributed by atoms with Crippen LogP contribution >= 0.6 is 0 Å². The van der Waals surface area contributed by atoms with Crippen LogP contribution in [0, 0.1) is 0 Å². The maximum atomic E-state index is 11.2. The van der Waals surface area contributed by atoms with Crippen molar-refractivity contribution in [3.05, 3.63) is 12.2 Å². The van der Waals surface area contributed by atoms with Crippen LogP contribution in [0.3, 0.4) is 0 Å². The van der Waals surface area contributed by atoms with Crippen LogP contribution in [0.4, 0.5) is 0 Å². The Morgan fingerprint density at radius 1 is 1.65 bits per heavy atom. The van der Waals surface area contributed by atoms with E-state index < -0.39 is 11.5 Å². The molecule has 0 spiro atoms. The third-order valence-corrected chi connectivity index (χ3v) is 3.28. The van der Waals surface area contributed by atoms with Gasteiger partial charge in [0.25, 0.3) is 0 Å². The summed E-state index contributed by atoms with van der Waals surface area (Å²) in [6.45, 7) is 4.41. The van der Waals surface area contributed by atoms with Gasteiger partial charge in [-0.1, -0.05) is 0 Å². The van der Waals surface area contributed by atoms with Crippen LogP contribution < -0.4 is 5.32 Å². The zero-order valence-electron chi connectivity index (χ0n) is 10.1. The maximum absolute atomic E-state index is 11.2. The summed E-state index contributed by atoms with van der Waals surface area (Å²) >= 11 is 0. The van der Waals surface area contributed by atoms with Crippen molar-refractivity contribution in [3.63, 3.8) is 0 Å². The molecule has 2 N–H and O–H groups in total. The SMILES string of the molecule is CNC(C)(CN1CCn2cnnc2C1)C(=O)O. The number of fused-ring (bicyclic) bond motifs is 1. The van der Waals surface area contributed by atoms with Crippen molar-refractivity contribution in [1.82, 2.24) is 25.0 Å². The minimum absolute atomic E-state index is 0.450. The van der Waals surface area contributed by atoms with E-state index in [1.807, 2.05) is 4.57 Å². The molecule has 1 aliphatic heterocycles. The van der Waals surface area contributed by atoms with Gasteiger partial charge in [0.1, 0.15) is 17.7 Å². The summed E-state index contributed by atoms with van der Waals surface area (Å²) in [5.41, 5.74) is -0.928. The second kappa shape index (κ2) is 4.42. The van der Waals surface area contributed by atoms with Crippen LogP contribution in [-0.4, -0.2) is 56.4 Å². The first-order chi connectivity index (χ1) is 8.05. The van der Waals surface area contributed by atoms with Crippen LogP contribution in [0.5, 0.6) is 0 Å². The quantitative estimate of drug-likeness (QED) is 0.712. The van der Waals surface area contributed by atoms with E-state index >= 15 is 0 Å². The molecule has 94 valence electrons. The fourth-order valence-corrected chi connectivity index (χ4v) is 1.95. The van der Waals surface area contributed by atoms with E-state index in [1.54, 1.807) is 20.3 Å². The number of aromatic nitrogens is 3. The number of rotatable bonds is 4. The molecule has 0 saturated heterocycles. The van der Waals surface area contributed by atoms with Gasteiger partial charge in [0, 0.05) is 19.6 Å². The van der Waals surface area contributed by atoms with Gasteiger partial charge in [-0.05, 0) is 14.0 Å². The lowest BCUT2D eigenvalue weighted by Gasteiger charge is -2.34. The molecule has 0 saturated carbocycles. The van der Waals surface area contributed by atoms with Gasteiger partial charge in [-0.3, -0.25) is 9.69 Å². The first kappa shape index (κ1) is 12.0. The van der Waals surface area contributed by atoms with Gasteiger partial charge < -0.3 is 15.0 Å². The number of nitrogens with zero attached hydrogens (tertiary/aromatic N) is 4. The molecule has 0 amide bonds. The Labute approximate surface area is 99.4 Å². The van der Waals surface area contributed by atoms with Crippen molar-refractivity contribution in [2.75, 3.05) is 20.1 Å². The molecule has 2 rings (SSSR count). The Morgan fingerprint density at radius 2 is 2.41 bits per heavy atom. The van der Waals surface area contributed by atoms with Crippen LogP contribution in [0.1, 0.15) is 12.7 Å². The van der Waals surface area contributed by atoms with Gasteiger partial charge in [-0.2, -0.15) is 0 Å². The molecule has 0 fully saturated rings. The molecule has 2 heterocycles. The predicted octanol–water partition coefficient (Wildman–Crippen LogP) is -0.844. The van der Waals surface area contributed by atoms with E-state index in [2.05, 4.69) is 20.4 Å². The van der Waals surface area contributed by atoms with E-state index in [0.29, 0.717) is 13.1 Å². The summed E-state index contributed by atoms with van der Waals surface area (Å²) in [6.07, 6.45) is 1.71. The number of hydrogen-bond acceptors (Lipinski definition) is 5. The number of nitrogens with one attached hydrogen (secondary N) is 1. The van der Waals surface area contributed by atoms with Crippen molar-refractivity contribution >= 4 is 5.97 Å². The molecule has 7 heteroatoms. The lowest BCUT2D eigenvalue weighted by Crippen LogP contribution is -2.56. The fourth-order valence-electron chi connectivity index (χ4n) is 1.95. The number of carboxylic acids is 1. The van der Waals surface area contributed by atoms with Gasteiger partial charge in [0.15, 0.2) is 0 Å². The third-order valence-electron chi connectivity index (χ3n) is 3.28. The van der Waals surface area contributed by atoms with Crippen molar-refractivity contribution < 1.29 is 9.90 Å². The first-order valence-corrected chi connectivity index (χ1v) is 5.56. The highest BCUT2D eigenvalue weighted by Gasteiger charge is 2.34. The second-order valence-electron chi connectivity index (χ2n) is 4.54. The molecule has 17 heavy (non-hydrogen) atoms. The van der Waals surface area contributed by atoms with Gasteiger partial charge in [-0.25, -0.2) is 0 Å². The molecule has 7 nitrogen and oxygen atoms in total. The summed E-state index contributed by atoms with van der Waals surface area (Å²) in [7, 11) is 1.67. The molecule has 0 radical (unpaired) electrons. The maximum Gasteiger partial charge on any atom is 0.324 e. The van der Waals surface area contributed by atoms with Crippen molar-refractivity contribution in [2.24, 2.45) is 0 Å². The number of carbonyl (C=O) groups is 1. The normalized spacial score (nSPS) is 19.6. The van der Waals surface area contributed by atoms with E-state index in [9.17, 15) is 9.90 Å². The molecule has 0 aliphatic carbocycles. The average Bonchev–Trinajstić information content (AvgIpc) is 2.75. The minimum Gasteiger partial charge on any atom is -0.480 e. The van der Waals surface area contributed by atoms with Crippen molar-refractivity contribution in [1.29, 1.82) is 0 Å². The monoisotopic (exact) mass is 239 g/mol. The van der Waals surface area contributed by atoms with Gasteiger partial charge >= 0.3 is 5.97 Å². The summed E-state index contributed by atoms with van der Waals surface area (Å²) in [5, 5.41) is 19.9. The van der Waals surface area contributed by atoms with Crippen molar-refractivity contribution in [2.45, 2.75) is 25.6 Å².